The highest BCUT2D eigenvalue weighted by Crippen LogP contribution is 2.38. The van der Waals surface area contributed by atoms with Gasteiger partial charge in [0, 0.05) is 17.4 Å². The van der Waals surface area contributed by atoms with E-state index in [1.807, 2.05) is 42.5 Å². The summed E-state index contributed by atoms with van der Waals surface area (Å²) in [5.41, 5.74) is 2.54. The molecule has 0 saturated heterocycles. The van der Waals surface area contributed by atoms with E-state index in [2.05, 4.69) is 15.3 Å². The Balaban J connectivity index is 1.89. The molecular weight excluding hydrogens is 352 g/mol. The van der Waals surface area contributed by atoms with Gasteiger partial charge in [-0.25, -0.2) is 4.98 Å². The number of rotatable bonds is 1. The van der Waals surface area contributed by atoms with Crippen molar-refractivity contribution in [3.63, 3.8) is 0 Å². The normalized spacial score (nSPS) is 16.7. The maximum atomic E-state index is 12.9. The Morgan fingerprint density at radius 3 is 2.69 bits per heavy atom. The fourth-order valence-corrected chi connectivity index (χ4v) is 3.94. The molecule has 0 aliphatic carbocycles. The number of carbonyl (C=O) groups excluding carboxylic acids is 1. The van der Waals surface area contributed by atoms with Crippen LogP contribution in [0.15, 0.2) is 53.3 Å². The number of nitrogens with one attached hydrogen (secondary N) is 2. The number of para-hydroxylation sites is 2. The molecule has 5 rings (SSSR count). The molecule has 0 unspecified atom stereocenters. The van der Waals surface area contributed by atoms with Crippen molar-refractivity contribution in [1.29, 1.82) is 0 Å². The topological polar surface area (TPSA) is 79.3 Å². The molecule has 2 aromatic carbocycles. The smallest absolute Gasteiger partial charge is 0.258 e. The van der Waals surface area contributed by atoms with Crippen molar-refractivity contribution in [2.24, 2.45) is 0 Å². The number of benzene rings is 2. The van der Waals surface area contributed by atoms with Crippen LogP contribution >= 0.6 is 11.6 Å². The standard InChI is InChI=1S/C19H13ClN4O2/c20-12-6-2-1-5-10(12)11-9-15(25)22-17-16(11)18(26)23-19-21-13-7-3-4-8-14(13)24(17)19/h1-8,11H,9H2,(H,22,25)(H,21,23,26)/t11-/m1/s1. The summed E-state index contributed by atoms with van der Waals surface area (Å²) in [7, 11) is 0. The highest BCUT2D eigenvalue weighted by atomic mass is 35.5. The van der Waals surface area contributed by atoms with Gasteiger partial charge < -0.3 is 5.32 Å². The molecule has 0 spiro atoms. The summed E-state index contributed by atoms with van der Waals surface area (Å²) >= 11 is 6.35. The molecule has 1 amide bonds. The molecule has 0 fully saturated rings. The highest BCUT2D eigenvalue weighted by Gasteiger charge is 2.33. The number of imidazole rings is 1. The molecular formula is C19H13ClN4O2. The predicted molar refractivity (Wildman–Crippen MR) is 99.9 cm³/mol. The van der Waals surface area contributed by atoms with Crippen molar-refractivity contribution in [2.75, 3.05) is 5.32 Å². The first-order valence-corrected chi connectivity index (χ1v) is 8.59. The Morgan fingerprint density at radius 2 is 1.85 bits per heavy atom. The Labute approximate surface area is 152 Å². The third-order valence-corrected chi connectivity index (χ3v) is 5.13. The number of aromatic nitrogens is 3. The van der Waals surface area contributed by atoms with Crippen molar-refractivity contribution in [3.05, 3.63) is 75.0 Å². The fraction of sp³-hybridized carbons (Fsp3) is 0.105. The Kier molecular flexibility index (Phi) is 3.17. The fourth-order valence-electron chi connectivity index (χ4n) is 3.67. The summed E-state index contributed by atoms with van der Waals surface area (Å²) in [5, 5.41) is 3.40. The maximum Gasteiger partial charge on any atom is 0.258 e. The summed E-state index contributed by atoms with van der Waals surface area (Å²) in [6.45, 7) is 0. The number of aromatic amines is 1. The minimum absolute atomic E-state index is 0.160. The number of hydrogen-bond acceptors (Lipinski definition) is 3. The summed E-state index contributed by atoms with van der Waals surface area (Å²) in [4.78, 5) is 32.6. The van der Waals surface area contributed by atoms with Crippen molar-refractivity contribution in [2.45, 2.75) is 12.3 Å². The SMILES string of the molecule is O=C1C[C@H](c2ccccc2Cl)c2c(n3c(nc4ccccc43)[nH]c2=O)N1. The zero-order chi connectivity index (χ0) is 17.8. The lowest BCUT2D eigenvalue weighted by Crippen LogP contribution is -2.32. The van der Waals surface area contributed by atoms with Crippen LogP contribution in [-0.4, -0.2) is 20.3 Å². The summed E-state index contributed by atoms with van der Waals surface area (Å²) < 4.78 is 1.78. The Hall–Kier alpha value is -3.12. The minimum Gasteiger partial charge on any atom is -0.311 e. The third kappa shape index (κ3) is 2.09. The Morgan fingerprint density at radius 1 is 1.08 bits per heavy atom. The molecule has 0 radical (unpaired) electrons. The minimum atomic E-state index is -0.415. The lowest BCUT2D eigenvalue weighted by Gasteiger charge is -2.26. The number of H-pyrrole nitrogens is 1. The highest BCUT2D eigenvalue weighted by molar-refractivity contribution is 6.31. The van der Waals surface area contributed by atoms with Crippen molar-refractivity contribution >= 4 is 40.1 Å². The first-order valence-electron chi connectivity index (χ1n) is 8.21. The second-order valence-corrected chi connectivity index (χ2v) is 6.71. The number of halogens is 1. The van der Waals surface area contributed by atoms with Gasteiger partial charge in [-0.2, -0.15) is 0 Å². The first kappa shape index (κ1) is 15.2. The molecule has 3 heterocycles. The van der Waals surface area contributed by atoms with Crippen LogP contribution in [0.25, 0.3) is 16.8 Å². The van der Waals surface area contributed by atoms with E-state index in [-0.39, 0.29) is 17.9 Å². The predicted octanol–water partition coefficient (Wildman–Crippen LogP) is 3.30. The number of carbonyl (C=O) groups is 1. The van der Waals surface area contributed by atoms with Crippen LogP contribution in [0.4, 0.5) is 5.82 Å². The van der Waals surface area contributed by atoms with E-state index in [4.69, 9.17) is 11.6 Å². The van der Waals surface area contributed by atoms with E-state index >= 15 is 0 Å². The summed E-state index contributed by atoms with van der Waals surface area (Å²) in [6.07, 6.45) is 0.165. The average molecular weight is 365 g/mol. The van der Waals surface area contributed by atoms with E-state index in [0.29, 0.717) is 22.2 Å². The van der Waals surface area contributed by atoms with Crippen LogP contribution in [0.1, 0.15) is 23.5 Å². The van der Waals surface area contributed by atoms with Gasteiger partial charge in [-0.1, -0.05) is 41.9 Å². The van der Waals surface area contributed by atoms with Crippen LogP contribution < -0.4 is 10.9 Å². The van der Waals surface area contributed by atoms with Gasteiger partial charge in [-0.05, 0) is 23.8 Å². The van der Waals surface area contributed by atoms with E-state index in [1.54, 1.807) is 10.5 Å². The quantitative estimate of drug-likeness (QED) is 0.544. The first-order chi connectivity index (χ1) is 12.6. The zero-order valence-corrected chi connectivity index (χ0v) is 14.2. The molecule has 1 atom stereocenters. The van der Waals surface area contributed by atoms with Crippen LogP contribution in [-0.2, 0) is 4.79 Å². The van der Waals surface area contributed by atoms with E-state index in [9.17, 15) is 9.59 Å². The largest absolute Gasteiger partial charge is 0.311 e. The second-order valence-electron chi connectivity index (χ2n) is 6.30. The molecule has 26 heavy (non-hydrogen) atoms. The molecule has 4 aromatic rings. The lowest BCUT2D eigenvalue weighted by atomic mass is 9.87. The molecule has 7 heteroatoms. The Bertz CT molecular complexity index is 1260. The average Bonchev–Trinajstić information content (AvgIpc) is 2.99. The van der Waals surface area contributed by atoms with E-state index in [0.717, 1.165) is 16.6 Å². The molecule has 128 valence electrons. The molecule has 1 aliphatic heterocycles. The van der Waals surface area contributed by atoms with Gasteiger partial charge in [0.25, 0.3) is 5.56 Å². The summed E-state index contributed by atoms with van der Waals surface area (Å²) in [5.74, 6) is 0.280. The zero-order valence-electron chi connectivity index (χ0n) is 13.5. The van der Waals surface area contributed by atoms with Crippen LogP contribution in [0.3, 0.4) is 0 Å². The maximum absolute atomic E-state index is 12.9. The van der Waals surface area contributed by atoms with Crippen LogP contribution in [0, 0.1) is 0 Å². The van der Waals surface area contributed by atoms with E-state index in [1.165, 1.54) is 0 Å². The van der Waals surface area contributed by atoms with Crippen LogP contribution in [0.5, 0.6) is 0 Å². The monoisotopic (exact) mass is 364 g/mol. The number of anilines is 1. The lowest BCUT2D eigenvalue weighted by molar-refractivity contribution is -0.116. The van der Waals surface area contributed by atoms with Crippen molar-refractivity contribution < 1.29 is 4.79 Å². The van der Waals surface area contributed by atoms with Gasteiger partial charge >= 0.3 is 0 Å². The third-order valence-electron chi connectivity index (χ3n) is 4.79. The van der Waals surface area contributed by atoms with Gasteiger partial charge in [-0.15, -0.1) is 0 Å². The molecule has 2 aromatic heterocycles. The molecule has 6 nitrogen and oxygen atoms in total. The van der Waals surface area contributed by atoms with E-state index < -0.39 is 5.92 Å². The number of amides is 1. The van der Waals surface area contributed by atoms with Gasteiger partial charge in [-0.3, -0.25) is 19.0 Å². The van der Waals surface area contributed by atoms with Crippen LogP contribution in [0.2, 0.25) is 5.02 Å². The number of nitrogens with zero attached hydrogens (tertiary/aromatic N) is 2. The molecule has 0 saturated carbocycles. The molecule has 1 aliphatic rings. The van der Waals surface area contributed by atoms with Crippen molar-refractivity contribution in [1.82, 2.24) is 14.4 Å². The second kappa shape index (κ2) is 5.44. The van der Waals surface area contributed by atoms with Gasteiger partial charge in [0.15, 0.2) is 0 Å². The van der Waals surface area contributed by atoms with Gasteiger partial charge in [0.2, 0.25) is 11.7 Å². The number of fused-ring (bicyclic) bond motifs is 5. The number of hydrogen-bond donors (Lipinski definition) is 2. The molecule has 2 N–H and O–H groups in total. The van der Waals surface area contributed by atoms with Gasteiger partial charge in [0.05, 0.1) is 16.6 Å². The van der Waals surface area contributed by atoms with Gasteiger partial charge in [0.1, 0.15) is 5.82 Å². The molecule has 0 bridgehead atoms. The summed E-state index contributed by atoms with van der Waals surface area (Å²) in [6, 6.07) is 14.8. The van der Waals surface area contributed by atoms with Crippen molar-refractivity contribution in [3.8, 4) is 0 Å².